The standard InChI is InChI=1S/C14H18N4O2/c1-11(19)15-14-5-7-18(16-14)12-4-6-17(9-12)10-13-3-2-8-20-13/h2-3,5,7-8,12H,4,6,9-10H2,1H3,(H,15,16,19). The van der Waals surface area contributed by atoms with E-state index in [2.05, 4.69) is 15.3 Å². The maximum Gasteiger partial charge on any atom is 0.222 e. The third-order valence-corrected chi connectivity index (χ3v) is 3.49. The second kappa shape index (κ2) is 5.50. The molecule has 0 aliphatic carbocycles. The van der Waals surface area contributed by atoms with Gasteiger partial charge in [-0.2, -0.15) is 5.10 Å². The SMILES string of the molecule is CC(=O)Nc1ccn(C2CCN(Cc3ccco3)C2)n1. The molecule has 1 fully saturated rings. The molecule has 1 aliphatic rings. The van der Waals surface area contributed by atoms with E-state index < -0.39 is 0 Å². The lowest BCUT2D eigenvalue weighted by Crippen LogP contribution is -2.21. The number of amides is 1. The Balaban J connectivity index is 1.59. The van der Waals surface area contributed by atoms with Crippen molar-refractivity contribution in [2.45, 2.75) is 25.9 Å². The van der Waals surface area contributed by atoms with Crippen LogP contribution in [0.4, 0.5) is 5.82 Å². The molecule has 0 aromatic carbocycles. The third kappa shape index (κ3) is 2.91. The van der Waals surface area contributed by atoms with Crippen LogP contribution in [0.25, 0.3) is 0 Å². The Morgan fingerprint density at radius 3 is 3.20 bits per heavy atom. The molecule has 6 nitrogen and oxygen atoms in total. The van der Waals surface area contributed by atoms with Crippen LogP contribution in [0.15, 0.2) is 35.1 Å². The Labute approximate surface area is 117 Å². The van der Waals surface area contributed by atoms with Gasteiger partial charge in [-0.15, -0.1) is 0 Å². The van der Waals surface area contributed by atoms with Crippen LogP contribution < -0.4 is 5.32 Å². The van der Waals surface area contributed by atoms with E-state index in [0.717, 1.165) is 31.8 Å². The summed E-state index contributed by atoms with van der Waals surface area (Å²) in [5.41, 5.74) is 0. The lowest BCUT2D eigenvalue weighted by Gasteiger charge is -2.14. The summed E-state index contributed by atoms with van der Waals surface area (Å²) in [6.45, 7) is 4.30. The summed E-state index contributed by atoms with van der Waals surface area (Å²) in [6, 6.07) is 6.09. The van der Waals surface area contributed by atoms with Crippen LogP contribution in [0.2, 0.25) is 0 Å². The van der Waals surface area contributed by atoms with Gasteiger partial charge in [-0.25, -0.2) is 0 Å². The zero-order valence-electron chi connectivity index (χ0n) is 11.5. The number of aromatic nitrogens is 2. The maximum absolute atomic E-state index is 11.0. The highest BCUT2D eigenvalue weighted by Gasteiger charge is 2.25. The molecule has 2 aromatic heterocycles. The lowest BCUT2D eigenvalue weighted by molar-refractivity contribution is -0.114. The molecule has 1 amide bonds. The van der Waals surface area contributed by atoms with Crippen molar-refractivity contribution in [3.63, 3.8) is 0 Å². The van der Waals surface area contributed by atoms with E-state index in [-0.39, 0.29) is 5.91 Å². The second-order valence-electron chi connectivity index (χ2n) is 5.12. The van der Waals surface area contributed by atoms with E-state index >= 15 is 0 Å². The number of anilines is 1. The van der Waals surface area contributed by atoms with Gasteiger partial charge in [0.2, 0.25) is 5.91 Å². The Kier molecular flexibility index (Phi) is 3.56. The Morgan fingerprint density at radius 2 is 2.45 bits per heavy atom. The molecule has 1 saturated heterocycles. The van der Waals surface area contributed by atoms with Crippen LogP contribution in [0, 0.1) is 0 Å². The molecule has 0 saturated carbocycles. The number of hydrogen-bond acceptors (Lipinski definition) is 4. The van der Waals surface area contributed by atoms with E-state index in [4.69, 9.17) is 4.42 Å². The monoisotopic (exact) mass is 274 g/mol. The van der Waals surface area contributed by atoms with Gasteiger partial charge in [0.05, 0.1) is 18.8 Å². The molecule has 1 atom stereocenters. The number of nitrogens with one attached hydrogen (secondary N) is 1. The Morgan fingerprint density at radius 1 is 1.55 bits per heavy atom. The van der Waals surface area contributed by atoms with Crippen LogP contribution in [-0.2, 0) is 11.3 Å². The van der Waals surface area contributed by atoms with E-state index in [9.17, 15) is 4.79 Å². The van der Waals surface area contributed by atoms with Crippen LogP contribution in [-0.4, -0.2) is 33.7 Å². The average Bonchev–Trinajstić information content (AvgIpc) is 3.09. The maximum atomic E-state index is 11.0. The van der Waals surface area contributed by atoms with Crippen LogP contribution >= 0.6 is 0 Å². The number of likely N-dealkylation sites (tertiary alicyclic amines) is 1. The van der Waals surface area contributed by atoms with Crippen LogP contribution in [0.3, 0.4) is 0 Å². The highest BCUT2D eigenvalue weighted by molar-refractivity contribution is 5.87. The van der Waals surface area contributed by atoms with E-state index in [0.29, 0.717) is 11.9 Å². The van der Waals surface area contributed by atoms with Gasteiger partial charge in [0.1, 0.15) is 5.76 Å². The molecular weight excluding hydrogens is 256 g/mol. The van der Waals surface area contributed by atoms with Gasteiger partial charge in [0.25, 0.3) is 0 Å². The first kappa shape index (κ1) is 12.9. The topological polar surface area (TPSA) is 63.3 Å². The highest BCUT2D eigenvalue weighted by Crippen LogP contribution is 2.23. The van der Waals surface area contributed by atoms with Crippen molar-refractivity contribution in [3.8, 4) is 0 Å². The van der Waals surface area contributed by atoms with Gasteiger partial charge in [0.15, 0.2) is 5.82 Å². The van der Waals surface area contributed by atoms with Crippen molar-refractivity contribution in [1.29, 1.82) is 0 Å². The number of furan rings is 1. The molecule has 106 valence electrons. The lowest BCUT2D eigenvalue weighted by atomic mass is 10.3. The number of carbonyl (C=O) groups excluding carboxylic acids is 1. The first-order valence-corrected chi connectivity index (χ1v) is 6.78. The Hall–Kier alpha value is -2.08. The van der Waals surface area contributed by atoms with Gasteiger partial charge >= 0.3 is 0 Å². The molecule has 1 N–H and O–H groups in total. The quantitative estimate of drug-likeness (QED) is 0.924. The van der Waals surface area contributed by atoms with Crippen LogP contribution in [0.5, 0.6) is 0 Å². The van der Waals surface area contributed by atoms with Crippen molar-refractivity contribution < 1.29 is 9.21 Å². The zero-order valence-corrected chi connectivity index (χ0v) is 11.5. The first-order chi connectivity index (χ1) is 9.70. The summed E-state index contributed by atoms with van der Waals surface area (Å²) in [7, 11) is 0. The van der Waals surface area contributed by atoms with Crippen molar-refractivity contribution >= 4 is 11.7 Å². The van der Waals surface area contributed by atoms with Gasteiger partial charge in [-0.3, -0.25) is 14.4 Å². The first-order valence-electron chi connectivity index (χ1n) is 6.78. The Bertz CT molecular complexity index is 576. The summed E-state index contributed by atoms with van der Waals surface area (Å²) >= 11 is 0. The molecule has 1 unspecified atom stereocenters. The minimum Gasteiger partial charge on any atom is -0.468 e. The fourth-order valence-corrected chi connectivity index (χ4v) is 2.58. The zero-order chi connectivity index (χ0) is 13.9. The number of rotatable bonds is 4. The minimum atomic E-state index is -0.0962. The van der Waals surface area contributed by atoms with Gasteiger partial charge < -0.3 is 9.73 Å². The molecule has 0 spiro atoms. The van der Waals surface area contributed by atoms with Crippen molar-refractivity contribution in [2.24, 2.45) is 0 Å². The fourth-order valence-electron chi connectivity index (χ4n) is 2.58. The molecule has 1 aliphatic heterocycles. The van der Waals surface area contributed by atoms with Crippen LogP contribution in [0.1, 0.15) is 25.1 Å². The predicted octanol–water partition coefficient (Wildman–Crippen LogP) is 1.88. The minimum absolute atomic E-state index is 0.0962. The number of carbonyl (C=O) groups is 1. The van der Waals surface area contributed by atoms with Crippen molar-refractivity contribution in [3.05, 3.63) is 36.4 Å². The number of nitrogens with zero attached hydrogens (tertiary/aromatic N) is 3. The summed E-state index contributed by atoms with van der Waals surface area (Å²) in [5, 5.41) is 7.10. The normalized spacial score (nSPS) is 19.4. The molecule has 3 rings (SSSR count). The summed E-state index contributed by atoms with van der Waals surface area (Å²) in [6.07, 6.45) is 4.68. The van der Waals surface area contributed by atoms with Crippen molar-refractivity contribution in [2.75, 3.05) is 18.4 Å². The average molecular weight is 274 g/mol. The molecule has 2 aromatic rings. The molecule has 6 heteroatoms. The molecule has 3 heterocycles. The van der Waals surface area contributed by atoms with Gasteiger partial charge in [-0.1, -0.05) is 0 Å². The largest absolute Gasteiger partial charge is 0.468 e. The van der Waals surface area contributed by atoms with Gasteiger partial charge in [-0.05, 0) is 18.6 Å². The number of hydrogen-bond donors (Lipinski definition) is 1. The summed E-state index contributed by atoms with van der Waals surface area (Å²) in [5.74, 6) is 1.51. The van der Waals surface area contributed by atoms with E-state index in [1.165, 1.54) is 6.92 Å². The summed E-state index contributed by atoms with van der Waals surface area (Å²) < 4.78 is 7.31. The summed E-state index contributed by atoms with van der Waals surface area (Å²) in [4.78, 5) is 13.3. The molecule has 20 heavy (non-hydrogen) atoms. The fraction of sp³-hybridized carbons (Fsp3) is 0.429. The predicted molar refractivity (Wildman–Crippen MR) is 74.2 cm³/mol. The second-order valence-corrected chi connectivity index (χ2v) is 5.12. The molecular formula is C14H18N4O2. The van der Waals surface area contributed by atoms with Gasteiger partial charge in [0, 0.05) is 32.3 Å². The van der Waals surface area contributed by atoms with Crippen molar-refractivity contribution in [1.82, 2.24) is 14.7 Å². The molecule has 0 radical (unpaired) electrons. The van der Waals surface area contributed by atoms with E-state index in [1.54, 1.807) is 6.26 Å². The van der Waals surface area contributed by atoms with E-state index in [1.807, 2.05) is 29.1 Å². The highest BCUT2D eigenvalue weighted by atomic mass is 16.3. The smallest absolute Gasteiger partial charge is 0.222 e. The third-order valence-electron chi connectivity index (χ3n) is 3.49. The molecule has 0 bridgehead atoms.